The highest BCUT2D eigenvalue weighted by molar-refractivity contribution is 7.83. The Kier molecular flexibility index (Phi) is 5.53. The molecular weight excluding hydrogens is 334 g/mol. The normalized spacial score (nSPS) is 18.2. The van der Waals surface area contributed by atoms with Gasteiger partial charge in [-0.3, -0.25) is 9.00 Å². The van der Waals surface area contributed by atoms with Gasteiger partial charge in [-0.15, -0.1) is 0 Å². The van der Waals surface area contributed by atoms with Gasteiger partial charge in [0, 0.05) is 34.9 Å². The molecule has 0 aliphatic carbocycles. The van der Waals surface area contributed by atoms with Crippen LogP contribution in [0, 0.1) is 0 Å². The molecule has 1 heterocycles. The highest BCUT2D eigenvalue weighted by Crippen LogP contribution is 2.34. The molecule has 1 aliphatic heterocycles. The van der Waals surface area contributed by atoms with Crippen LogP contribution in [0.5, 0.6) is 5.75 Å². The lowest BCUT2D eigenvalue weighted by molar-refractivity contribution is 0.0735. The smallest absolute Gasteiger partial charge is 0.254 e. The quantitative estimate of drug-likeness (QED) is 0.822. The molecule has 0 N–H and O–H groups in total. The number of methoxy groups -OCH3 is 1. The molecule has 132 valence electrons. The van der Waals surface area contributed by atoms with Gasteiger partial charge < -0.3 is 9.64 Å². The van der Waals surface area contributed by atoms with Crippen LogP contribution in [0.15, 0.2) is 48.5 Å². The predicted molar refractivity (Wildman–Crippen MR) is 100 cm³/mol. The van der Waals surface area contributed by atoms with Crippen LogP contribution in [0.3, 0.4) is 0 Å². The molecule has 0 aromatic heterocycles. The first-order valence-electron chi connectivity index (χ1n) is 8.42. The van der Waals surface area contributed by atoms with Gasteiger partial charge in [0.2, 0.25) is 0 Å². The fourth-order valence-corrected chi connectivity index (χ4v) is 4.03. The van der Waals surface area contributed by atoms with E-state index in [1.54, 1.807) is 13.4 Å². The maximum atomic E-state index is 13.0. The minimum absolute atomic E-state index is 0.0436. The van der Waals surface area contributed by atoms with E-state index in [4.69, 9.17) is 4.74 Å². The van der Waals surface area contributed by atoms with Gasteiger partial charge in [-0.25, -0.2) is 0 Å². The number of amides is 1. The minimum Gasteiger partial charge on any atom is -0.497 e. The number of rotatable bonds is 5. The summed E-state index contributed by atoms with van der Waals surface area (Å²) in [5.74, 6) is 1.34. The van der Waals surface area contributed by atoms with Gasteiger partial charge >= 0.3 is 0 Å². The number of likely N-dealkylation sites (tertiary alicyclic amines) is 1. The Morgan fingerprint density at radius 1 is 1.24 bits per heavy atom. The lowest BCUT2D eigenvalue weighted by atomic mass is 10.0. The van der Waals surface area contributed by atoms with Crippen molar-refractivity contribution in [3.8, 4) is 5.75 Å². The van der Waals surface area contributed by atoms with E-state index in [1.165, 1.54) is 0 Å². The van der Waals surface area contributed by atoms with Crippen LogP contribution in [0.1, 0.15) is 40.4 Å². The Hall–Kier alpha value is -2.14. The number of benzene rings is 2. The van der Waals surface area contributed by atoms with Crippen molar-refractivity contribution in [2.45, 2.75) is 24.6 Å². The molecule has 1 fully saturated rings. The van der Waals surface area contributed by atoms with Gasteiger partial charge in [0.05, 0.1) is 13.2 Å². The van der Waals surface area contributed by atoms with Crippen molar-refractivity contribution in [3.63, 3.8) is 0 Å². The third-order valence-corrected chi connectivity index (χ3v) is 5.30. The van der Waals surface area contributed by atoms with Gasteiger partial charge in [0.25, 0.3) is 5.91 Å². The van der Waals surface area contributed by atoms with Crippen LogP contribution in [0.25, 0.3) is 0 Å². The molecule has 0 saturated carbocycles. The van der Waals surface area contributed by atoms with Crippen molar-refractivity contribution in [2.24, 2.45) is 0 Å². The van der Waals surface area contributed by atoms with Gasteiger partial charge in [0.15, 0.2) is 0 Å². The fraction of sp³-hybridized carbons (Fsp3) is 0.350. The first kappa shape index (κ1) is 17.7. The minimum atomic E-state index is -0.917. The van der Waals surface area contributed by atoms with E-state index in [0.29, 0.717) is 11.3 Å². The van der Waals surface area contributed by atoms with Crippen molar-refractivity contribution in [1.82, 2.24) is 4.90 Å². The largest absolute Gasteiger partial charge is 0.497 e. The maximum Gasteiger partial charge on any atom is 0.254 e. The third kappa shape index (κ3) is 4.10. The molecule has 1 aliphatic rings. The molecular formula is C20H23NO3S. The number of carbonyl (C=O) groups excluding carboxylic acids is 1. The summed E-state index contributed by atoms with van der Waals surface area (Å²) in [6.07, 6.45) is 3.65. The average Bonchev–Trinajstić information content (AvgIpc) is 3.10. The summed E-state index contributed by atoms with van der Waals surface area (Å²) in [5.41, 5.74) is 2.74. The number of ether oxygens (including phenoxy) is 1. The van der Waals surface area contributed by atoms with Crippen molar-refractivity contribution in [3.05, 3.63) is 65.2 Å². The van der Waals surface area contributed by atoms with Crippen LogP contribution in [0.4, 0.5) is 0 Å². The molecule has 2 aromatic carbocycles. The summed E-state index contributed by atoms with van der Waals surface area (Å²) in [7, 11) is 0.733. The summed E-state index contributed by atoms with van der Waals surface area (Å²) in [4.78, 5) is 15.0. The Bertz CT molecular complexity index is 773. The number of carbonyl (C=O) groups is 1. The highest BCUT2D eigenvalue weighted by Gasteiger charge is 2.30. The lowest BCUT2D eigenvalue weighted by Crippen LogP contribution is -2.30. The van der Waals surface area contributed by atoms with Crippen molar-refractivity contribution >= 4 is 16.7 Å². The molecule has 1 saturated heterocycles. The van der Waals surface area contributed by atoms with Crippen molar-refractivity contribution in [2.75, 3.05) is 19.9 Å². The molecule has 2 aromatic rings. The first-order valence-corrected chi connectivity index (χ1v) is 10.1. The summed E-state index contributed by atoms with van der Waals surface area (Å²) >= 11 is 0. The molecule has 1 amide bonds. The van der Waals surface area contributed by atoms with Gasteiger partial charge in [0.1, 0.15) is 5.75 Å². The molecule has 0 spiro atoms. The van der Waals surface area contributed by atoms with Gasteiger partial charge in [-0.05, 0) is 48.2 Å². The second-order valence-electron chi connectivity index (χ2n) is 6.35. The summed E-state index contributed by atoms with van der Waals surface area (Å²) < 4.78 is 16.7. The third-order valence-electron chi connectivity index (χ3n) is 4.56. The standard InChI is InChI=1S/C20H23NO3S/c1-24-18-10-8-16(9-11-18)19-7-4-12-21(19)20(22)17-6-3-5-15(13-17)14-25(2)23/h3,5-6,8-11,13,19H,4,7,12,14H2,1-2H3. The van der Waals surface area contributed by atoms with E-state index < -0.39 is 10.8 Å². The zero-order valence-electron chi connectivity index (χ0n) is 14.6. The Labute approximate surface area is 151 Å². The van der Waals surface area contributed by atoms with Crippen molar-refractivity contribution < 1.29 is 13.7 Å². The number of hydrogen-bond acceptors (Lipinski definition) is 3. The van der Waals surface area contributed by atoms with E-state index in [2.05, 4.69) is 0 Å². The van der Waals surface area contributed by atoms with Crippen LogP contribution >= 0.6 is 0 Å². The van der Waals surface area contributed by atoms with Crippen LogP contribution in [0.2, 0.25) is 0 Å². The molecule has 2 unspecified atom stereocenters. The molecule has 5 heteroatoms. The Morgan fingerprint density at radius 2 is 2.00 bits per heavy atom. The van der Waals surface area contributed by atoms with Crippen LogP contribution in [-0.2, 0) is 16.6 Å². The molecule has 3 rings (SSSR count). The highest BCUT2D eigenvalue weighted by atomic mass is 32.2. The SMILES string of the molecule is COc1ccc(C2CCCN2C(=O)c2cccc(CS(C)=O)c2)cc1. The van der Waals surface area contributed by atoms with E-state index in [9.17, 15) is 9.00 Å². The van der Waals surface area contributed by atoms with Gasteiger partial charge in [-0.1, -0.05) is 24.3 Å². The lowest BCUT2D eigenvalue weighted by Gasteiger charge is -2.25. The van der Waals surface area contributed by atoms with Gasteiger partial charge in [-0.2, -0.15) is 0 Å². The molecule has 0 bridgehead atoms. The second-order valence-corrected chi connectivity index (χ2v) is 7.78. The molecule has 25 heavy (non-hydrogen) atoms. The topological polar surface area (TPSA) is 46.6 Å². The number of hydrogen-bond donors (Lipinski definition) is 0. The summed E-state index contributed by atoms with van der Waals surface area (Å²) in [5, 5.41) is 0. The second kappa shape index (κ2) is 7.83. The number of nitrogens with zero attached hydrogens (tertiary/aromatic N) is 1. The zero-order chi connectivity index (χ0) is 17.8. The zero-order valence-corrected chi connectivity index (χ0v) is 15.4. The predicted octanol–water partition coefficient (Wildman–Crippen LogP) is 3.55. The average molecular weight is 357 g/mol. The maximum absolute atomic E-state index is 13.0. The first-order chi connectivity index (χ1) is 12.1. The van der Waals surface area contributed by atoms with E-state index in [-0.39, 0.29) is 11.9 Å². The fourth-order valence-electron chi connectivity index (χ4n) is 3.38. The van der Waals surface area contributed by atoms with E-state index in [1.807, 2.05) is 53.4 Å². The van der Waals surface area contributed by atoms with E-state index >= 15 is 0 Å². The molecule has 4 nitrogen and oxygen atoms in total. The monoisotopic (exact) mass is 357 g/mol. The van der Waals surface area contributed by atoms with Crippen LogP contribution < -0.4 is 4.74 Å². The summed E-state index contributed by atoms with van der Waals surface area (Å²) in [6.45, 7) is 0.763. The Balaban J connectivity index is 1.81. The van der Waals surface area contributed by atoms with Crippen LogP contribution in [-0.4, -0.2) is 34.9 Å². The van der Waals surface area contributed by atoms with E-state index in [0.717, 1.165) is 36.3 Å². The van der Waals surface area contributed by atoms with Crippen molar-refractivity contribution in [1.29, 1.82) is 0 Å². The molecule has 2 atom stereocenters. The summed E-state index contributed by atoms with van der Waals surface area (Å²) in [6, 6.07) is 15.5. The Morgan fingerprint density at radius 3 is 2.68 bits per heavy atom. The molecule has 0 radical (unpaired) electrons.